The van der Waals surface area contributed by atoms with Crippen molar-refractivity contribution in [3.63, 3.8) is 0 Å². The first-order valence-corrected chi connectivity index (χ1v) is 7.36. The molecular formula is C16H21NO3. The minimum absolute atomic E-state index is 0.238. The summed E-state index contributed by atoms with van der Waals surface area (Å²) in [5.41, 5.74) is 1.18. The average molecular weight is 275 g/mol. The lowest BCUT2D eigenvalue weighted by Gasteiger charge is -2.22. The number of hydrogen-bond acceptors (Lipinski definition) is 3. The van der Waals surface area contributed by atoms with Crippen LogP contribution in [0.1, 0.15) is 37.7 Å². The molecule has 0 spiro atoms. The maximum atomic E-state index is 12.0. The number of carbonyl (C=O) groups excluding carboxylic acids is 1. The number of carbonyl (C=O) groups is 1. The minimum Gasteiger partial charge on any atom is -0.486 e. The van der Waals surface area contributed by atoms with Crippen LogP contribution in [0, 0.1) is 0 Å². The van der Waals surface area contributed by atoms with E-state index in [2.05, 4.69) is 6.07 Å². The van der Waals surface area contributed by atoms with Crippen molar-refractivity contribution >= 4 is 5.91 Å². The van der Waals surface area contributed by atoms with Gasteiger partial charge in [-0.2, -0.15) is 0 Å². The van der Waals surface area contributed by atoms with E-state index in [1.807, 2.05) is 31.0 Å². The number of fused-ring (bicyclic) bond motifs is 1. The van der Waals surface area contributed by atoms with Crippen molar-refractivity contribution in [3.8, 4) is 11.5 Å². The molecule has 2 atom stereocenters. The van der Waals surface area contributed by atoms with Crippen LogP contribution in [0.4, 0.5) is 0 Å². The molecule has 1 amide bonds. The second kappa shape index (κ2) is 5.35. The first kappa shape index (κ1) is 13.3. The Kier molecular flexibility index (Phi) is 3.55. The van der Waals surface area contributed by atoms with Crippen LogP contribution >= 0.6 is 0 Å². The largest absolute Gasteiger partial charge is 0.486 e. The maximum absolute atomic E-state index is 12.0. The molecule has 2 aliphatic rings. The highest BCUT2D eigenvalue weighted by Gasteiger charge is 2.45. The summed E-state index contributed by atoms with van der Waals surface area (Å²) in [6.45, 7) is 3.25. The number of rotatable bonds is 4. The molecule has 20 heavy (non-hydrogen) atoms. The summed E-state index contributed by atoms with van der Waals surface area (Å²) >= 11 is 0. The topological polar surface area (TPSA) is 38.8 Å². The monoisotopic (exact) mass is 275 g/mol. The molecule has 1 fully saturated rings. The fourth-order valence-corrected chi connectivity index (χ4v) is 2.91. The fourth-order valence-electron chi connectivity index (χ4n) is 2.91. The molecule has 1 saturated carbocycles. The normalized spacial score (nSPS) is 23.3. The van der Waals surface area contributed by atoms with Crippen molar-refractivity contribution in [2.24, 2.45) is 0 Å². The van der Waals surface area contributed by atoms with Gasteiger partial charge in [0.05, 0.1) is 0 Å². The van der Waals surface area contributed by atoms with E-state index in [0.29, 0.717) is 31.6 Å². The third kappa shape index (κ3) is 2.35. The van der Waals surface area contributed by atoms with Crippen LogP contribution in [0.3, 0.4) is 0 Å². The Labute approximate surface area is 119 Å². The number of hydrogen-bond donors (Lipinski definition) is 0. The summed E-state index contributed by atoms with van der Waals surface area (Å²) < 4.78 is 11.4. The highest BCUT2D eigenvalue weighted by atomic mass is 16.6. The van der Waals surface area contributed by atoms with Crippen LogP contribution in [0.15, 0.2) is 18.2 Å². The minimum atomic E-state index is 0.238. The molecule has 2 unspecified atom stereocenters. The molecule has 0 aromatic heterocycles. The molecule has 0 bridgehead atoms. The van der Waals surface area contributed by atoms with Gasteiger partial charge >= 0.3 is 0 Å². The number of amides is 1. The summed E-state index contributed by atoms with van der Waals surface area (Å²) in [5.74, 6) is 2.34. The predicted octanol–water partition coefficient (Wildman–Crippen LogP) is 2.57. The second-order valence-electron chi connectivity index (χ2n) is 5.54. The number of para-hydroxylation sites is 1. The van der Waals surface area contributed by atoms with E-state index in [1.165, 1.54) is 5.56 Å². The smallest absolute Gasteiger partial charge is 0.222 e. The van der Waals surface area contributed by atoms with E-state index in [0.717, 1.165) is 24.3 Å². The van der Waals surface area contributed by atoms with Gasteiger partial charge < -0.3 is 14.4 Å². The Morgan fingerprint density at radius 1 is 1.35 bits per heavy atom. The van der Waals surface area contributed by atoms with Crippen molar-refractivity contribution in [3.05, 3.63) is 23.8 Å². The predicted molar refractivity (Wildman–Crippen MR) is 76.3 cm³/mol. The van der Waals surface area contributed by atoms with E-state index < -0.39 is 0 Å². The van der Waals surface area contributed by atoms with E-state index in [1.54, 1.807) is 0 Å². The Bertz CT molecular complexity index is 514. The fraction of sp³-hybridized carbons (Fsp3) is 0.562. The second-order valence-corrected chi connectivity index (χ2v) is 5.54. The van der Waals surface area contributed by atoms with E-state index in [9.17, 15) is 4.79 Å². The van der Waals surface area contributed by atoms with Gasteiger partial charge in [0.15, 0.2) is 11.5 Å². The Morgan fingerprint density at radius 3 is 2.95 bits per heavy atom. The summed E-state index contributed by atoms with van der Waals surface area (Å²) in [4.78, 5) is 13.9. The quantitative estimate of drug-likeness (QED) is 0.847. The van der Waals surface area contributed by atoms with Gasteiger partial charge in [0, 0.05) is 31.0 Å². The molecule has 4 nitrogen and oxygen atoms in total. The van der Waals surface area contributed by atoms with E-state index in [4.69, 9.17) is 9.47 Å². The van der Waals surface area contributed by atoms with Gasteiger partial charge in [0.2, 0.25) is 5.91 Å². The zero-order valence-electron chi connectivity index (χ0n) is 12.1. The molecule has 1 aliphatic heterocycles. The van der Waals surface area contributed by atoms with Crippen molar-refractivity contribution in [2.75, 3.05) is 20.3 Å². The number of nitrogens with zero attached hydrogens (tertiary/aromatic N) is 1. The molecule has 0 N–H and O–H groups in total. The zero-order chi connectivity index (χ0) is 14.1. The molecule has 1 aromatic rings. The summed E-state index contributed by atoms with van der Waals surface area (Å²) in [5, 5.41) is 0. The van der Waals surface area contributed by atoms with Crippen LogP contribution in [0.5, 0.6) is 11.5 Å². The van der Waals surface area contributed by atoms with Gasteiger partial charge in [-0.25, -0.2) is 0 Å². The van der Waals surface area contributed by atoms with Crippen LogP contribution in [0.2, 0.25) is 0 Å². The SMILES string of the molecule is CCCC(=O)N(C)C1CC1c1cccc2c1OCCO2. The third-order valence-electron chi connectivity index (χ3n) is 4.11. The van der Waals surface area contributed by atoms with Gasteiger partial charge in [0.25, 0.3) is 0 Å². The van der Waals surface area contributed by atoms with Gasteiger partial charge in [0.1, 0.15) is 13.2 Å². The Morgan fingerprint density at radius 2 is 2.15 bits per heavy atom. The summed E-state index contributed by atoms with van der Waals surface area (Å²) in [7, 11) is 1.91. The molecule has 108 valence electrons. The lowest BCUT2D eigenvalue weighted by Crippen LogP contribution is -2.29. The van der Waals surface area contributed by atoms with Crippen LogP contribution in [-0.2, 0) is 4.79 Å². The van der Waals surface area contributed by atoms with E-state index in [-0.39, 0.29) is 5.91 Å². The van der Waals surface area contributed by atoms with Gasteiger partial charge in [-0.15, -0.1) is 0 Å². The standard InChI is InChI=1S/C16H21NO3/c1-3-5-15(18)17(2)13-10-12(13)11-6-4-7-14-16(11)20-9-8-19-14/h4,6-7,12-13H,3,5,8-10H2,1-2H3. The van der Waals surface area contributed by atoms with Crippen LogP contribution in [0.25, 0.3) is 0 Å². The molecule has 1 heterocycles. The molecule has 1 aliphatic carbocycles. The molecule has 0 radical (unpaired) electrons. The summed E-state index contributed by atoms with van der Waals surface area (Å²) in [6.07, 6.45) is 2.55. The Balaban J connectivity index is 1.75. The maximum Gasteiger partial charge on any atom is 0.222 e. The lowest BCUT2D eigenvalue weighted by molar-refractivity contribution is -0.130. The Hall–Kier alpha value is -1.71. The third-order valence-corrected chi connectivity index (χ3v) is 4.11. The highest BCUT2D eigenvalue weighted by molar-refractivity contribution is 5.77. The van der Waals surface area contributed by atoms with Crippen molar-refractivity contribution < 1.29 is 14.3 Å². The van der Waals surface area contributed by atoms with Crippen molar-refractivity contribution in [1.29, 1.82) is 0 Å². The molecular weight excluding hydrogens is 254 g/mol. The molecule has 1 aromatic carbocycles. The van der Waals surface area contributed by atoms with Crippen molar-refractivity contribution in [2.45, 2.75) is 38.1 Å². The lowest BCUT2D eigenvalue weighted by atomic mass is 10.1. The number of benzene rings is 1. The summed E-state index contributed by atoms with van der Waals surface area (Å²) in [6, 6.07) is 6.36. The highest BCUT2D eigenvalue weighted by Crippen LogP contribution is 2.50. The van der Waals surface area contributed by atoms with Gasteiger partial charge in [-0.05, 0) is 18.9 Å². The van der Waals surface area contributed by atoms with Gasteiger partial charge in [-0.1, -0.05) is 19.1 Å². The van der Waals surface area contributed by atoms with Crippen LogP contribution < -0.4 is 9.47 Å². The first-order valence-electron chi connectivity index (χ1n) is 7.36. The first-order chi connectivity index (χ1) is 9.72. The van der Waals surface area contributed by atoms with Crippen molar-refractivity contribution in [1.82, 2.24) is 4.90 Å². The molecule has 4 heteroatoms. The molecule has 0 saturated heterocycles. The number of ether oxygens (including phenoxy) is 2. The molecule has 3 rings (SSSR count). The average Bonchev–Trinajstić information content (AvgIpc) is 3.26. The zero-order valence-corrected chi connectivity index (χ0v) is 12.1. The van der Waals surface area contributed by atoms with Gasteiger partial charge in [-0.3, -0.25) is 4.79 Å². The van der Waals surface area contributed by atoms with E-state index >= 15 is 0 Å². The number of likely N-dealkylation sites (N-methyl/N-ethyl adjacent to an activating group) is 1. The van der Waals surface area contributed by atoms with Crippen LogP contribution in [-0.4, -0.2) is 37.1 Å².